The summed E-state index contributed by atoms with van der Waals surface area (Å²) in [7, 11) is 0. The van der Waals surface area contributed by atoms with E-state index in [1.54, 1.807) is 0 Å². The van der Waals surface area contributed by atoms with Crippen molar-refractivity contribution in [3.8, 4) is 0 Å². The fourth-order valence-electron chi connectivity index (χ4n) is 2.72. The van der Waals surface area contributed by atoms with Gasteiger partial charge in [0.2, 0.25) is 5.91 Å². The Bertz CT molecular complexity index is 301. The number of aliphatic carboxylic acids is 1. The van der Waals surface area contributed by atoms with Crippen molar-refractivity contribution in [3.63, 3.8) is 0 Å². The summed E-state index contributed by atoms with van der Waals surface area (Å²) >= 11 is 0. The summed E-state index contributed by atoms with van der Waals surface area (Å²) in [6, 6.07) is -0.740. The standard InChI is InChI=1S/C14H25NO3/c1-9(2)6-12(14(17)18)15-13(16)8-11-5-4-10(3)7-11/h9-12H,4-8H2,1-3H3,(H,15,16)(H,17,18)/t10?,11?,12-/m0/s1. The Balaban J connectivity index is 2.39. The van der Waals surface area contributed by atoms with E-state index in [-0.39, 0.29) is 11.8 Å². The molecule has 0 bridgehead atoms. The highest BCUT2D eigenvalue weighted by molar-refractivity contribution is 5.83. The molecule has 0 spiro atoms. The summed E-state index contributed by atoms with van der Waals surface area (Å²) in [6.45, 7) is 6.12. The predicted molar refractivity (Wildman–Crippen MR) is 70.1 cm³/mol. The first-order valence-corrected chi connectivity index (χ1v) is 6.90. The first kappa shape index (κ1) is 15.0. The Labute approximate surface area is 109 Å². The molecule has 1 amide bonds. The lowest BCUT2D eigenvalue weighted by atomic mass is 10.0. The normalized spacial score (nSPS) is 25.1. The van der Waals surface area contributed by atoms with Crippen molar-refractivity contribution >= 4 is 11.9 Å². The third-order valence-corrected chi connectivity index (χ3v) is 3.62. The van der Waals surface area contributed by atoms with Crippen LogP contribution in [0.4, 0.5) is 0 Å². The molecule has 0 aromatic carbocycles. The molecule has 104 valence electrons. The van der Waals surface area contributed by atoms with Gasteiger partial charge in [-0.1, -0.05) is 27.2 Å². The molecule has 4 heteroatoms. The van der Waals surface area contributed by atoms with Crippen LogP contribution in [0, 0.1) is 17.8 Å². The molecule has 4 nitrogen and oxygen atoms in total. The topological polar surface area (TPSA) is 66.4 Å². The largest absolute Gasteiger partial charge is 0.480 e. The highest BCUT2D eigenvalue weighted by atomic mass is 16.4. The zero-order valence-corrected chi connectivity index (χ0v) is 11.6. The Morgan fingerprint density at radius 3 is 2.44 bits per heavy atom. The molecule has 2 N–H and O–H groups in total. The van der Waals surface area contributed by atoms with Crippen molar-refractivity contribution < 1.29 is 14.7 Å². The Morgan fingerprint density at radius 2 is 2.00 bits per heavy atom. The molecular weight excluding hydrogens is 230 g/mol. The Morgan fingerprint density at radius 1 is 1.33 bits per heavy atom. The maximum atomic E-state index is 11.8. The van der Waals surface area contributed by atoms with E-state index in [1.807, 2.05) is 13.8 Å². The molecule has 0 radical (unpaired) electrons. The number of rotatable bonds is 6. The number of amides is 1. The molecule has 0 saturated heterocycles. The summed E-state index contributed by atoms with van der Waals surface area (Å²) < 4.78 is 0. The molecule has 1 aliphatic rings. The van der Waals surface area contributed by atoms with Crippen LogP contribution in [0.3, 0.4) is 0 Å². The van der Waals surface area contributed by atoms with E-state index in [4.69, 9.17) is 5.11 Å². The lowest BCUT2D eigenvalue weighted by Crippen LogP contribution is -2.42. The molecule has 1 aliphatic carbocycles. The van der Waals surface area contributed by atoms with E-state index in [0.29, 0.717) is 24.7 Å². The minimum atomic E-state index is -0.933. The molecule has 0 aromatic heterocycles. The zero-order chi connectivity index (χ0) is 13.7. The van der Waals surface area contributed by atoms with Crippen LogP contribution in [-0.4, -0.2) is 23.0 Å². The third-order valence-electron chi connectivity index (χ3n) is 3.62. The van der Waals surface area contributed by atoms with E-state index in [0.717, 1.165) is 12.8 Å². The fraction of sp³-hybridized carbons (Fsp3) is 0.857. The summed E-state index contributed by atoms with van der Waals surface area (Å²) in [5.41, 5.74) is 0. The summed E-state index contributed by atoms with van der Waals surface area (Å²) in [4.78, 5) is 22.9. The highest BCUT2D eigenvalue weighted by Gasteiger charge is 2.26. The first-order chi connectivity index (χ1) is 8.38. The van der Waals surface area contributed by atoms with Crippen LogP contribution < -0.4 is 5.32 Å². The van der Waals surface area contributed by atoms with Gasteiger partial charge in [-0.2, -0.15) is 0 Å². The smallest absolute Gasteiger partial charge is 0.326 e. The number of hydrogen-bond acceptors (Lipinski definition) is 2. The van der Waals surface area contributed by atoms with Gasteiger partial charge in [0, 0.05) is 6.42 Å². The number of carbonyl (C=O) groups excluding carboxylic acids is 1. The molecule has 0 aliphatic heterocycles. The lowest BCUT2D eigenvalue weighted by molar-refractivity contribution is -0.142. The first-order valence-electron chi connectivity index (χ1n) is 6.90. The van der Waals surface area contributed by atoms with Crippen molar-refractivity contribution in [2.45, 2.75) is 58.9 Å². The van der Waals surface area contributed by atoms with E-state index >= 15 is 0 Å². The molecule has 0 aromatic rings. The molecule has 18 heavy (non-hydrogen) atoms. The number of nitrogens with one attached hydrogen (secondary N) is 1. The number of carboxylic acids is 1. The fourth-order valence-corrected chi connectivity index (χ4v) is 2.72. The van der Waals surface area contributed by atoms with Crippen LogP contribution >= 0.6 is 0 Å². The third kappa shape index (κ3) is 5.07. The Hall–Kier alpha value is -1.06. The van der Waals surface area contributed by atoms with Crippen LogP contribution in [0.2, 0.25) is 0 Å². The predicted octanol–water partition coefficient (Wildman–Crippen LogP) is 2.43. The van der Waals surface area contributed by atoms with Crippen LogP contribution in [0.25, 0.3) is 0 Å². The van der Waals surface area contributed by atoms with E-state index in [1.165, 1.54) is 6.42 Å². The summed E-state index contributed by atoms with van der Waals surface area (Å²) in [5, 5.41) is 11.7. The average Bonchev–Trinajstić information content (AvgIpc) is 2.62. The molecule has 2 unspecified atom stereocenters. The van der Waals surface area contributed by atoms with Crippen molar-refractivity contribution in [1.29, 1.82) is 0 Å². The van der Waals surface area contributed by atoms with Crippen LogP contribution in [-0.2, 0) is 9.59 Å². The second-order valence-corrected chi connectivity index (χ2v) is 6.08. The quantitative estimate of drug-likeness (QED) is 0.766. The van der Waals surface area contributed by atoms with Crippen LogP contribution in [0.5, 0.6) is 0 Å². The molecule has 3 atom stereocenters. The highest BCUT2D eigenvalue weighted by Crippen LogP contribution is 2.32. The lowest BCUT2D eigenvalue weighted by Gasteiger charge is -2.17. The second-order valence-electron chi connectivity index (χ2n) is 6.08. The minimum absolute atomic E-state index is 0.109. The van der Waals surface area contributed by atoms with Gasteiger partial charge in [-0.05, 0) is 37.0 Å². The summed E-state index contributed by atoms with van der Waals surface area (Å²) in [6.07, 6.45) is 4.34. The molecule has 1 fully saturated rings. The Kier molecular flexibility index (Phi) is 5.63. The molecule has 1 rings (SSSR count). The molecule has 0 heterocycles. The second kappa shape index (κ2) is 6.76. The van der Waals surface area contributed by atoms with Crippen molar-refractivity contribution in [1.82, 2.24) is 5.32 Å². The van der Waals surface area contributed by atoms with E-state index in [9.17, 15) is 9.59 Å². The van der Waals surface area contributed by atoms with Gasteiger partial charge in [-0.25, -0.2) is 4.79 Å². The van der Waals surface area contributed by atoms with Crippen LogP contribution in [0.15, 0.2) is 0 Å². The van der Waals surface area contributed by atoms with Gasteiger partial charge < -0.3 is 10.4 Å². The van der Waals surface area contributed by atoms with Crippen LogP contribution in [0.1, 0.15) is 52.9 Å². The van der Waals surface area contributed by atoms with Gasteiger partial charge in [0.05, 0.1) is 0 Å². The van der Waals surface area contributed by atoms with Gasteiger partial charge in [0.25, 0.3) is 0 Å². The average molecular weight is 255 g/mol. The van der Waals surface area contributed by atoms with E-state index in [2.05, 4.69) is 12.2 Å². The van der Waals surface area contributed by atoms with Gasteiger partial charge in [-0.3, -0.25) is 4.79 Å². The van der Waals surface area contributed by atoms with Crippen molar-refractivity contribution in [2.75, 3.05) is 0 Å². The monoisotopic (exact) mass is 255 g/mol. The van der Waals surface area contributed by atoms with Crippen molar-refractivity contribution in [3.05, 3.63) is 0 Å². The maximum Gasteiger partial charge on any atom is 0.326 e. The number of carbonyl (C=O) groups is 2. The minimum Gasteiger partial charge on any atom is -0.480 e. The SMILES string of the molecule is CC(C)C[C@H](NC(=O)CC1CCC(C)C1)C(=O)O. The molecular formula is C14H25NO3. The van der Waals surface area contributed by atoms with Gasteiger partial charge in [0.1, 0.15) is 6.04 Å². The van der Waals surface area contributed by atoms with Gasteiger partial charge >= 0.3 is 5.97 Å². The zero-order valence-electron chi connectivity index (χ0n) is 11.6. The molecule has 1 saturated carbocycles. The van der Waals surface area contributed by atoms with Gasteiger partial charge in [-0.15, -0.1) is 0 Å². The van der Waals surface area contributed by atoms with Crippen molar-refractivity contribution in [2.24, 2.45) is 17.8 Å². The maximum absolute atomic E-state index is 11.8. The number of carboxylic acid groups (broad SMARTS) is 1. The summed E-state index contributed by atoms with van der Waals surface area (Å²) in [5.74, 6) is 0.360. The van der Waals surface area contributed by atoms with Gasteiger partial charge in [0.15, 0.2) is 0 Å². The van der Waals surface area contributed by atoms with E-state index < -0.39 is 12.0 Å². The number of hydrogen-bond donors (Lipinski definition) is 2.